The maximum absolute atomic E-state index is 12.3. The van der Waals surface area contributed by atoms with Gasteiger partial charge in [0, 0.05) is 50.0 Å². The number of rotatable bonds is 7. The molecule has 0 radical (unpaired) electrons. The van der Waals surface area contributed by atoms with Crippen LogP contribution < -0.4 is 15.4 Å². The summed E-state index contributed by atoms with van der Waals surface area (Å²) in [5.41, 5.74) is 1.56. The van der Waals surface area contributed by atoms with Gasteiger partial charge in [0.05, 0.1) is 0 Å². The highest BCUT2D eigenvalue weighted by molar-refractivity contribution is 5.89. The predicted molar refractivity (Wildman–Crippen MR) is 106 cm³/mol. The number of amides is 2. The topological polar surface area (TPSA) is 73.8 Å². The normalized spacial score (nSPS) is 19.7. The number of benzene rings is 2. The molecule has 0 bridgehead atoms. The molecule has 2 aromatic rings. The number of halogens is 2. The molecule has 1 aliphatic rings. The molecule has 0 saturated carbocycles. The van der Waals surface area contributed by atoms with Crippen LogP contribution in [0.4, 0.5) is 19.3 Å². The van der Waals surface area contributed by atoms with Gasteiger partial charge in [0.15, 0.2) is 0 Å². The third kappa shape index (κ3) is 6.40. The summed E-state index contributed by atoms with van der Waals surface area (Å²) in [6.07, 6.45) is 0.708. The highest BCUT2D eigenvalue weighted by Gasteiger charge is 2.30. The first kappa shape index (κ1) is 21.0. The number of alkyl halides is 2. The van der Waals surface area contributed by atoms with Crippen LogP contribution in [0.3, 0.4) is 0 Å². The minimum atomic E-state index is -2.93. The number of carbonyl (C=O) groups is 1. The van der Waals surface area contributed by atoms with Gasteiger partial charge in [-0.05, 0) is 24.1 Å². The Morgan fingerprint density at radius 1 is 1.21 bits per heavy atom. The monoisotopic (exact) mass is 405 g/mol. The molecule has 0 aromatic heterocycles. The van der Waals surface area contributed by atoms with Crippen LogP contribution in [0.1, 0.15) is 12.0 Å². The van der Waals surface area contributed by atoms with E-state index in [-0.39, 0.29) is 24.3 Å². The van der Waals surface area contributed by atoms with E-state index in [1.807, 2.05) is 18.2 Å². The zero-order chi connectivity index (χ0) is 20.6. The van der Waals surface area contributed by atoms with Crippen molar-refractivity contribution in [1.82, 2.24) is 10.2 Å². The molecular formula is C21H25F2N3O3. The van der Waals surface area contributed by atoms with Crippen molar-refractivity contribution in [3.8, 4) is 5.75 Å². The first-order valence-electron chi connectivity index (χ1n) is 9.53. The van der Waals surface area contributed by atoms with Gasteiger partial charge in [-0.1, -0.05) is 36.4 Å². The fourth-order valence-corrected chi connectivity index (χ4v) is 3.55. The SMILES string of the molecule is O=C(Nc1cccc(OC(F)F)c1)N[C@H]1CCN(Cc2ccccc2)C[C@@H]1CO. The zero-order valence-electron chi connectivity index (χ0n) is 15.9. The lowest BCUT2D eigenvalue weighted by Crippen LogP contribution is -2.52. The van der Waals surface area contributed by atoms with Crippen LogP contribution in [0.5, 0.6) is 5.75 Å². The van der Waals surface area contributed by atoms with Gasteiger partial charge in [-0.3, -0.25) is 4.90 Å². The van der Waals surface area contributed by atoms with Crippen molar-refractivity contribution >= 4 is 11.7 Å². The number of anilines is 1. The molecule has 8 heteroatoms. The van der Waals surface area contributed by atoms with Gasteiger partial charge in [0.1, 0.15) is 5.75 Å². The van der Waals surface area contributed by atoms with Crippen molar-refractivity contribution in [2.75, 3.05) is 25.0 Å². The molecule has 0 spiro atoms. The number of nitrogens with one attached hydrogen (secondary N) is 2. The van der Waals surface area contributed by atoms with E-state index >= 15 is 0 Å². The Labute approximate surface area is 168 Å². The van der Waals surface area contributed by atoms with E-state index in [1.165, 1.54) is 23.8 Å². The number of hydrogen-bond acceptors (Lipinski definition) is 4. The molecule has 3 rings (SSSR count). The molecule has 29 heavy (non-hydrogen) atoms. The Bertz CT molecular complexity index is 792. The molecule has 0 aliphatic carbocycles. The maximum atomic E-state index is 12.3. The van der Waals surface area contributed by atoms with E-state index in [0.29, 0.717) is 18.7 Å². The minimum absolute atomic E-state index is 0.0275. The van der Waals surface area contributed by atoms with Crippen LogP contribution in [0.25, 0.3) is 0 Å². The smallest absolute Gasteiger partial charge is 0.387 e. The molecule has 1 heterocycles. The summed E-state index contributed by atoms with van der Waals surface area (Å²) < 4.78 is 29.0. The first-order valence-corrected chi connectivity index (χ1v) is 9.53. The second-order valence-corrected chi connectivity index (χ2v) is 7.06. The van der Waals surface area contributed by atoms with Crippen molar-refractivity contribution in [3.05, 3.63) is 60.2 Å². The van der Waals surface area contributed by atoms with E-state index in [2.05, 4.69) is 32.4 Å². The number of aliphatic hydroxyl groups excluding tert-OH is 1. The Balaban J connectivity index is 1.52. The van der Waals surface area contributed by atoms with Crippen LogP contribution in [-0.2, 0) is 6.54 Å². The second-order valence-electron chi connectivity index (χ2n) is 7.06. The zero-order valence-corrected chi connectivity index (χ0v) is 15.9. The summed E-state index contributed by atoms with van der Waals surface area (Å²) in [5.74, 6) is -0.119. The van der Waals surface area contributed by atoms with E-state index in [4.69, 9.17) is 0 Å². The van der Waals surface area contributed by atoms with E-state index in [1.54, 1.807) is 6.07 Å². The molecular weight excluding hydrogens is 380 g/mol. The third-order valence-corrected chi connectivity index (χ3v) is 4.94. The Morgan fingerprint density at radius 3 is 2.72 bits per heavy atom. The number of aliphatic hydroxyl groups is 1. The van der Waals surface area contributed by atoms with Crippen LogP contribution in [0.15, 0.2) is 54.6 Å². The number of urea groups is 1. The highest BCUT2D eigenvalue weighted by Crippen LogP contribution is 2.21. The van der Waals surface area contributed by atoms with E-state index < -0.39 is 12.6 Å². The van der Waals surface area contributed by atoms with Crippen LogP contribution in [-0.4, -0.2) is 48.4 Å². The molecule has 1 fully saturated rings. The fourth-order valence-electron chi connectivity index (χ4n) is 3.55. The summed E-state index contributed by atoms with van der Waals surface area (Å²) in [6.45, 7) is -0.686. The maximum Gasteiger partial charge on any atom is 0.387 e. The fraction of sp³-hybridized carbons (Fsp3) is 0.381. The lowest BCUT2D eigenvalue weighted by molar-refractivity contribution is -0.0498. The first-order chi connectivity index (χ1) is 14.0. The molecule has 6 nitrogen and oxygen atoms in total. The molecule has 156 valence electrons. The summed E-state index contributed by atoms with van der Waals surface area (Å²) in [5, 5.41) is 15.3. The molecule has 1 saturated heterocycles. The Hall–Kier alpha value is -2.71. The van der Waals surface area contributed by atoms with Crippen molar-refractivity contribution in [3.63, 3.8) is 0 Å². The van der Waals surface area contributed by atoms with Crippen LogP contribution >= 0.6 is 0 Å². The largest absolute Gasteiger partial charge is 0.435 e. The van der Waals surface area contributed by atoms with Gasteiger partial charge in [-0.25, -0.2) is 4.79 Å². The molecule has 2 amide bonds. The van der Waals surface area contributed by atoms with Gasteiger partial charge in [0.2, 0.25) is 0 Å². The van der Waals surface area contributed by atoms with E-state index in [0.717, 1.165) is 13.1 Å². The third-order valence-electron chi connectivity index (χ3n) is 4.94. The highest BCUT2D eigenvalue weighted by atomic mass is 19.3. The minimum Gasteiger partial charge on any atom is -0.435 e. The van der Waals surface area contributed by atoms with Crippen molar-refractivity contribution in [2.45, 2.75) is 25.6 Å². The number of carbonyl (C=O) groups excluding carboxylic acids is 1. The van der Waals surface area contributed by atoms with Gasteiger partial charge in [-0.2, -0.15) is 8.78 Å². The van der Waals surface area contributed by atoms with Crippen molar-refractivity contribution in [2.24, 2.45) is 5.92 Å². The molecule has 1 aliphatic heterocycles. The molecule has 2 aromatic carbocycles. The average Bonchev–Trinajstić information content (AvgIpc) is 2.69. The van der Waals surface area contributed by atoms with E-state index in [9.17, 15) is 18.7 Å². The lowest BCUT2D eigenvalue weighted by Gasteiger charge is -2.38. The quantitative estimate of drug-likeness (QED) is 0.661. The summed E-state index contributed by atoms with van der Waals surface area (Å²) in [4.78, 5) is 14.6. The Morgan fingerprint density at radius 2 is 2.00 bits per heavy atom. The lowest BCUT2D eigenvalue weighted by atomic mass is 9.92. The second kappa shape index (κ2) is 10.2. The summed E-state index contributed by atoms with van der Waals surface area (Å²) in [7, 11) is 0. The number of hydrogen-bond donors (Lipinski definition) is 3. The van der Waals surface area contributed by atoms with Gasteiger partial charge in [-0.15, -0.1) is 0 Å². The summed E-state index contributed by atoms with van der Waals surface area (Å²) >= 11 is 0. The van der Waals surface area contributed by atoms with Crippen molar-refractivity contribution < 1.29 is 23.4 Å². The van der Waals surface area contributed by atoms with Crippen LogP contribution in [0, 0.1) is 5.92 Å². The van der Waals surface area contributed by atoms with Crippen molar-refractivity contribution in [1.29, 1.82) is 0 Å². The number of ether oxygens (including phenoxy) is 1. The van der Waals surface area contributed by atoms with Gasteiger partial charge < -0.3 is 20.5 Å². The van der Waals surface area contributed by atoms with Gasteiger partial charge in [0.25, 0.3) is 0 Å². The number of piperidine rings is 1. The average molecular weight is 405 g/mol. The molecule has 0 unspecified atom stereocenters. The molecule has 3 N–H and O–H groups in total. The summed E-state index contributed by atoms with van der Waals surface area (Å²) in [6, 6.07) is 15.3. The molecule has 2 atom stereocenters. The Kier molecular flexibility index (Phi) is 7.37. The predicted octanol–water partition coefficient (Wildman–Crippen LogP) is 3.29. The number of nitrogens with zero attached hydrogens (tertiary/aromatic N) is 1. The number of likely N-dealkylation sites (tertiary alicyclic amines) is 1. The van der Waals surface area contributed by atoms with Crippen LogP contribution in [0.2, 0.25) is 0 Å². The standard InChI is InChI=1S/C21H25F2N3O3/c22-20(23)29-18-8-4-7-17(11-18)24-21(28)25-19-9-10-26(13-16(19)14-27)12-15-5-2-1-3-6-15/h1-8,11,16,19-20,27H,9-10,12-14H2,(H2,24,25,28)/t16-,19+/m1/s1. The van der Waals surface area contributed by atoms with Gasteiger partial charge >= 0.3 is 12.6 Å².